The molecule has 1 aliphatic heterocycles. The minimum absolute atomic E-state index is 0.0373. The van der Waals surface area contributed by atoms with Crippen LogP contribution in [0, 0.1) is 11.3 Å². The fourth-order valence-electron chi connectivity index (χ4n) is 3.88. The number of hydrogen-bond acceptors (Lipinski definition) is 7. The molecule has 3 aromatic rings. The maximum Gasteiger partial charge on any atom is 0.343 e. The van der Waals surface area contributed by atoms with E-state index in [1.165, 1.54) is 59.4 Å². The summed E-state index contributed by atoms with van der Waals surface area (Å²) in [5.74, 6) is -0.355. The maximum absolute atomic E-state index is 13.3. The Labute approximate surface area is 205 Å². The minimum atomic E-state index is -3.77. The van der Waals surface area contributed by atoms with Crippen molar-refractivity contribution < 1.29 is 22.7 Å². The Balaban J connectivity index is 1.44. The van der Waals surface area contributed by atoms with Crippen LogP contribution in [0.5, 0.6) is 11.5 Å². The number of nitrogens with zero attached hydrogens (tertiary/aromatic N) is 3. The molecule has 180 valence electrons. The molecular weight excluding hydrogens is 466 g/mol. The predicted octanol–water partition coefficient (Wildman–Crippen LogP) is 3.29. The van der Waals surface area contributed by atoms with Gasteiger partial charge in [0.05, 0.1) is 29.2 Å². The van der Waals surface area contributed by atoms with Crippen molar-refractivity contribution in [1.82, 2.24) is 9.21 Å². The highest BCUT2D eigenvalue weighted by Gasteiger charge is 2.29. The van der Waals surface area contributed by atoms with Gasteiger partial charge in [-0.25, -0.2) is 13.2 Å². The topological polar surface area (TPSA) is 99.9 Å². The highest BCUT2D eigenvalue weighted by molar-refractivity contribution is 7.89. The van der Waals surface area contributed by atoms with Crippen LogP contribution in [0.2, 0.25) is 0 Å². The zero-order valence-corrected chi connectivity index (χ0v) is 20.1. The molecule has 3 aromatic carbocycles. The van der Waals surface area contributed by atoms with Gasteiger partial charge in [0.25, 0.3) is 0 Å². The first-order valence-electron chi connectivity index (χ1n) is 11.1. The molecule has 4 rings (SSSR count). The number of ether oxygens (including phenoxy) is 2. The van der Waals surface area contributed by atoms with Gasteiger partial charge in [-0.1, -0.05) is 36.4 Å². The monoisotopic (exact) mass is 491 g/mol. The number of benzene rings is 3. The highest BCUT2D eigenvalue weighted by Crippen LogP contribution is 2.29. The Kier molecular flexibility index (Phi) is 7.46. The molecule has 0 spiro atoms. The van der Waals surface area contributed by atoms with E-state index in [1.807, 2.05) is 24.3 Å². The summed E-state index contributed by atoms with van der Waals surface area (Å²) < 4.78 is 38.6. The summed E-state index contributed by atoms with van der Waals surface area (Å²) in [6.45, 7) is 2.75. The second-order valence-electron chi connectivity index (χ2n) is 8.06. The molecule has 1 aliphatic rings. The molecule has 0 aliphatic carbocycles. The molecule has 1 saturated heterocycles. The largest absolute Gasteiger partial charge is 0.493 e. The zero-order valence-electron chi connectivity index (χ0n) is 19.3. The molecule has 0 unspecified atom stereocenters. The first-order chi connectivity index (χ1) is 16.9. The Bertz CT molecular complexity index is 1340. The van der Waals surface area contributed by atoms with E-state index in [-0.39, 0.29) is 22.0 Å². The lowest BCUT2D eigenvalue weighted by Crippen LogP contribution is -2.48. The first-order valence-corrected chi connectivity index (χ1v) is 12.5. The highest BCUT2D eigenvalue weighted by atomic mass is 32.2. The molecule has 1 fully saturated rings. The molecule has 0 aromatic heterocycles. The molecule has 8 nitrogen and oxygen atoms in total. The molecule has 9 heteroatoms. The fourth-order valence-corrected chi connectivity index (χ4v) is 5.35. The van der Waals surface area contributed by atoms with Crippen molar-refractivity contribution in [1.29, 1.82) is 5.26 Å². The summed E-state index contributed by atoms with van der Waals surface area (Å²) in [5, 5.41) is 9.03. The lowest BCUT2D eigenvalue weighted by Gasteiger charge is -2.34. The minimum Gasteiger partial charge on any atom is -0.493 e. The van der Waals surface area contributed by atoms with Gasteiger partial charge in [-0.2, -0.15) is 9.57 Å². The van der Waals surface area contributed by atoms with Gasteiger partial charge in [-0.05, 0) is 35.9 Å². The Hall–Kier alpha value is -3.71. The molecule has 0 N–H and O–H groups in total. The van der Waals surface area contributed by atoms with Crippen molar-refractivity contribution in [2.75, 3.05) is 33.3 Å². The normalized spacial score (nSPS) is 14.7. The summed E-state index contributed by atoms with van der Waals surface area (Å²) in [6, 6.07) is 22.3. The van der Waals surface area contributed by atoms with E-state index < -0.39 is 16.0 Å². The van der Waals surface area contributed by atoms with Crippen molar-refractivity contribution in [2.45, 2.75) is 11.4 Å². The average molecular weight is 492 g/mol. The third kappa shape index (κ3) is 5.69. The molecule has 0 atom stereocenters. The fraction of sp³-hybridized carbons (Fsp3) is 0.231. The van der Waals surface area contributed by atoms with E-state index in [0.29, 0.717) is 31.7 Å². The number of nitriles is 1. The lowest BCUT2D eigenvalue weighted by atomic mass is 10.2. The van der Waals surface area contributed by atoms with Crippen molar-refractivity contribution in [3.05, 3.63) is 89.5 Å². The molecule has 35 heavy (non-hydrogen) atoms. The molecule has 0 radical (unpaired) electrons. The maximum atomic E-state index is 13.3. The second-order valence-corrected chi connectivity index (χ2v) is 10.00. The number of hydrogen-bond donors (Lipinski definition) is 0. The van der Waals surface area contributed by atoms with E-state index in [1.54, 1.807) is 0 Å². The molecular formula is C26H25N3O5S. The Morgan fingerprint density at radius 1 is 0.943 bits per heavy atom. The zero-order chi connectivity index (χ0) is 24.8. The Morgan fingerprint density at radius 3 is 2.37 bits per heavy atom. The summed E-state index contributed by atoms with van der Waals surface area (Å²) in [4.78, 5) is 15.0. The average Bonchev–Trinajstić information content (AvgIpc) is 2.90. The van der Waals surface area contributed by atoms with Gasteiger partial charge in [0.1, 0.15) is 0 Å². The first kappa shape index (κ1) is 24.4. The predicted molar refractivity (Wildman–Crippen MR) is 130 cm³/mol. The summed E-state index contributed by atoms with van der Waals surface area (Å²) in [5.41, 5.74) is 1.65. The number of methoxy groups -OCH3 is 1. The molecule has 0 saturated carbocycles. The quantitative estimate of drug-likeness (QED) is 0.369. The van der Waals surface area contributed by atoms with Crippen LogP contribution in [0.1, 0.15) is 21.5 Å². The van der Waals surface area contributed by atoms with Gasteiger partial charge in [-0.3, -0.25) is 4.90 Å². The third-order valence-electron chi connectivity index (χ3n) is 5.78. The van der Waals surface area contributed by atoms with Crippen LogP contribution in [0.15, 0.2) is 77.7 Å². The van der Waals surface area contributed by atoms with Crippen LogP contribution < -0.4 is 9.47 Å². The molecule has 1 heterocycles. The third-order valence-corrected chi connectivity index (χ3v) is 7.68. The van der Waals surface area contributed by atoms with Gasteiger partial charge >= 0.3 is 5.97 Å². The Morgan fingerprint density at radius 2 is 1.69 bits per heavy atom. The van der Waals surface area contributed by atoms with Crippen LogP contribution in [0.3, 0.4) is 0 Å². The van der Waals surface area contributed by atoms with Crippen LogP contribution in [0.25, 0.3) is 0 Å². The van der Waals surface area contributed by atoms with Crippen LogP contribution in [0.4, 0.5) is 0 Å². The number of esters is 1. The van der Waals surface area contributed by atoms with Crippen molar-refractivity contribution in [2.24, 2.45) is 0 Å². The summed E-state index contributed by atoms with van der Waals surface area (Å²) in [6.07, 6.45) is 0. The number of carbonyl (C=O) groups excluding carboxylic acids is 1. The number of carbonyl (C=O) groups is 1. The van der Waals surface area contributed by atoms with Crippen LogP contribution in [-0.2, 0) is 16.6 Å². The standard InChI is InChI=1S/C26H25N3O5S/c1-33-25-16-21(18-27)10-11-24(25)34-26(30)22-8-5-9-23(17-22)35(31,32)29-14-12-28(13-15-29)19-20-6-3-2-4-7-20/h2-11,16-17H,12-15,19H2,1H3. The summed E-state index contributed by atoms with van der Waals surface area (Å²) >= 11 is 0. The number of piperazine rings is 1. The number of rotatable bonds is 7. The lowest BCUT2D eigenvalue weighted by molar-refractivity contribution is 0.0729. The van der Waals surface area contributed by atoms with Gasteiger partial charge in [0, 0.05) is 38.8 Å². The van der Waals surface area contributed by atoms with E-state index in [9.17, 15) is 13.2 Å². The smallest absolute Gasteiger partial charge is 0.343 e. The molecule has 0 amide bonds. The van der Waals surface area contributed by atoms with Gasteiger partial charge in [0.2, 0.25) is 10.0 Å². The van der Waals surface area contributed by atoms with Crippen LogP contribution in [-0.4, -0.2) is 56.9 Å². The second kappa shape index (κ2) is 10.7. The van der Waals surface area contributed by atoms with Gasteiger partial charge in [-0.15, -0.1) is 0 Å². The van der Waals surface area contributed by atoms with Crippen molar-refractivity contribution in [3.63, 3.8) is 0 Å². The van der Waals surface area contributed by atoms with Crippen LogP contribution >= 0.6 is 0 Å². The van der Waals surface area contributed by atoms with E-state index in [0.717, 1.165) is 6.54 Å². The molecule has 0 bridgehead atoms. The van der Waals surface area contributed by atoms with E-state index in [4.69, 9.17) is 14.7 Å². The van der Waals surface area contributed by atoms with E-state index >= 15 is 0 Å². The van der Waals surface area contributed by atoms with E-state index in [2.05, 4.69) is 17.0 Å². The van der Waals surface area contributed by atoms with Gasteiger partial charge in [0.15, 0.2) is 11.5 Å². The van der Waals surface area contributed by atoms with Crippen molar-refractivity contribution in [3.8, 4) is 17.6 Å². The SMILES string of the molecule is COc1cc(C#N)ccc1OC(=O)c1cccc(S(=O)(=O)N2CCN(Cc3ccccc3)CC2)c1. The van der Waals surface area contributed by atoms with Gasteiger partial charge < -0.3 is 9.47 Å². The summed E-state index contributed by atoms with van der Waals surface area (Å²) in [7, 11) is -2.37. The van der Waals surface area contributed by atoms with Crippen molar-refractivity contribution >= 4 is 16.0 Å². The number of sulfonamides is 1.